The van der Waals surface area contributed by atoms with E-state index in [-0.39, 0.29) is 24.5 Å². The van der Waals surface area contributed by atoms with Crippen LogP contribution in [-0.4, -0.2) is 40.6 Å². The Balaban J connectivity index is 1.40. The molecule has 0 saturated carbocycles. The van der Waals surface area contributed by atoms with Gasteiger partial charge in [0.1, 0.15) is 18.5 Å². The van der Waals surface area contributed by atoms with E-state index in [1.807, 2.05) is 53.1 Å². The third-order valence-corrected chi connectivity index (χ3v) is 5.74. The number of carbonyl (C=O) groups excluding carboxylic acids is 2. The van der Waals surface area contributed by atoms with E-state index >= 15 is 0 Å². The molecule has 2 amide bonds. The van der Waals surface area contributed by atoms with Crippen molar-refractivity contribution in [2.24, 2.45) is 0 Å². The van der Waals surface area contributed by atoms with Crippen molar-refractivity contribution >= 4 is 44.5 Å². The van der Waals surface area contributed by atoms with Gasteiger partial charge in [-0.2, -0.15) is 0 Å². The van der Waals surface area contributed by atoms with Crippen LogP contribution in [0.3, 0.4) is 0 Å². The Bertz CT molecular complexity index is 1080. The molecule has 1 aliphatic rings. The summed E-state index contributed by atoms with van der Waals surface area (Å²) in [6.45, 7) is 1.38. The number of anilines is 1. The number of rotatable bonds is 8. The number of benzene rings is 2. The van der Waals surface area contributed by atoms with Crippen LogP contribution in [0.25, 0.3) is 11.0 Å². The van der Waals surface area contributed by atoms with Crippen LogP contribution in [0.4, 0.5) is 5.69 Å². The average Bonchev–Trinajstić information content (AvgIpc) is 3.40. The second-order valence-electron chi connectivity index (χ2n) is 7.56. The lowest BCUT2D eigenvalue weighted by atomic mass is 10.2. The molecule has 0 bridgehead atoms. The molecule has 31 heavy (non-hydrogen) atoms. The number of para-hydroxylation sites is 2. The van der Waals surface area contributed by atoms with Crippen molar-refractivity contribution in [3.63, 3.8) is 0 Å². The number of hydrogen-bond acceptors (Lipinski definition) is 4. The summed E-state index contributed by atoms with van der Waals surface area (Å²) in [6.07, 6.45) is 2.80. The molecule has 4 rings (SSSR count). The number of aryl methyl sites for hydroxylation is 1. The summed E-state index contributed by atoms with van der Waals surface area (Å²) in [5.74, 6) is 0.672. The van der Waals surface area contributed by atoms with Gasteiger partial charge in [0.25, 0.3) is 0 Å². The maximum Gasteiger partial charge on any atom is 0.249 e. The molecule has 7 nitrogen and oxygen atoms in total. The van der Waals surface area contributed by atoms with Gasteiger partial charge in [-0.05, 0) is 49.6 Å². The number of nitrogens with zero attached hydrogens (tertiary/aromatic N) is 2. The second-order valence-corrected chi connectivity index (χ2v) is 8.47. The summed E-state index contributed by atoms with van der Waals surface area (Å²) in [5, 5.41) is 5.88. The molecule has 0 aliphatic carbocycles. The van der Waals surface area contributed by atoms with Crippen LogP contribution in [0.2, 0.25) is 0 Å². The van der Waals surface area contributed by atoms with Crippen molar-refractivity contribution in [3.8, 4) is 0 Å². The van der Waals surface area contributed by atoms with Gasteiger partial charge in [-0.15, -0.1) is 0 Å². The van der Waals surface area contributed by atoms with Crippen LogP contribution in [0.15, 0.2) is 53.0 Å². The Morgan fingerprint density at radius 3 is 2.87 bits per heavy atom. The lowest BCUT2D eigenvalue weighted by Crippen LogP contribution is -2.34. The zero-order valence-corrected chi connectivity index (χ0v) is 18.7. The van der Waals surface area contributed by atoms with Crippen LogP contribution in [0.1, 0.15) is 25.1 Å². The highest BCUT2D eigenvalue weighted by Crippen LogP contribution is 2.19. The first-order valence-corrected chi connectivity index (χ1v) is 11.3. The molecule has 2 heterocycles. The van der Waals surface area contributed by atoms with Crippen LogP contribution >= 0.6 is 15.9 Å². The minimum atomic E-state index is -0.314. The van der Waals surface area contributed by atoms with Crippen LogP contribution < -0.4 is 10.6 Å². The molecule has 1 atom stereocenters. The molecule has 1 saturated heterocycles. The summed E-state index contributed by atoms with van der Waals surface area (Å²) in [7, 11) is 0. The fourth-order valence-corrected chi connectivity index (χ4v) is 4.16. The highest BCUT2D eigenvalue weighted by Gasteiger charge is 2.23. The van der Waals surface area contributed by atoms with Crippen molar-refractivity contribution < 1.29 is 14.3 Å². The second kappa shape index (κ2) is 10.1. The quantitative estimate of drug-likeness (QED) is 0.477. The van der Waals surface area contributed by atoms with Crippen LogP contribution in [0.5, 0.6) is 0 Å². The van der Waals surface area contributed by atoms with Crippen molar-refractivity contribution in [2.45, 2.75) is 38.3 Å². The Hall–Kier alpha value is -2.71. The summed E-state index contributed by atoms with van der Waals surface area (Å²) in [5.41, 5.74) is 2.52. The van der Waals surface area contributed by atoms with Crippen molar-refractivity contribution in [1.29, 1.82) is 0 Å². The molecule has 2 N–H and O–H groups in total. The summed E-state index contributed by atoms with van der Waals surface area (Å²) in [4.78, 5) is 29.5. The predicted octanol–water partition coefficient (Wildman–Crippen LogP) is 3.67. The van der Waals surface area contributed by atoms with Crippen LogP contribution in [0, 0.1) is 0 Å². The van der Waals surface area contributed by atoms with E-state index in [2.05, 4.69) is 26.6 Å². The lowest BCUT2D eigenvalue weighted by molar-refractivity contribution is -0.130. The van der Waals surface area contributed by atoms with Gasteiger partial charge in [0, 0.05) is 29.7 Å². The van der Waals surface area contributed by atoms with Gasteiger partial charge in [0.2, 0.25) is 11.8 Å². The van der Waals surface area contributed by atoms with E-state index < -0.39 is 0 Å². The third kappa shape index (κ3) is 5.51. The number of carbonyl (C=O) groups is 2. The first kappa shape index (κ1) is 21.5. The fourth-order valence-electron chi connectivity index (χ4n) is 3.76. The number of hydrogen-bond donors (Lipinski definition) is 2. The number of nitrogens with one attached hydrogen (secondary N) is 2. The van der Waals surface area contributed by atoms with E-state index in [1.54, 1.807) is 0 Å². The van der Waals surface area contributed by atoms with Gasteiger partial charge in [-0.1, -0.05) is 34.1 Å². The van der Waals surface area contributed by atoms with Crippen molar-refractivity contribution in [3.05, 3.63) is 58.8 Å². The number of halogens is 1. The maximum absolute atomic E-state index is 12.7. The SMILES string of the molecule is O=C(Cn1c(CCCNC(=O)C2CCCO2)nc2ccccc21)Nc1cccc(Br)c1. The predicted molar refractivity (Wildman–Crippen MR) is 123 cm³/mol. The van der Waals surface area contributed by atoms with Gasteiger partial charge < -0.3 is 19.9 Å². The van der Waals surface area contributed by atoms with Crippen LogP contribution in [-0.2, 0) is 27.3 Å². The Morgan fingerprint density at radius 1 is 1.19 bits per heavy atom. The minimum Gasteiger partial charge on any atom is -0.368 e. The molecule has 1 fully saturated rings. The number of aromatic nitrogens is 2. The van der Waals surface area contributed by atoms with E-state index in [0.29, 0.717) is 19.6 Å². The molecule has 0 spiro atoms. The molecular formula is C23H25BrN4O3. The Morgan fingerprint density at radius 2 is 2.06 bits per heavy atom. The fraction of sp³-hybridized carbons (Fsp3) is 0.348. The lowest BCUT2D eigenvalue weighted by Gasteiger charge is -2.12. The topological polar surface area (TPSA) is 85.2 Å². The van der Waals surface area contributed by atoms with Crippen molar-refractivity contribution in [2.75, 3.05) is 18.5 Å². The molecule has 3 aromatic rings. The summed E-state index contributed by atoms with van der Waals surface area (Å²) < 4.78 is 8.27. The highest BCUT2D eigenvalue weighted by molar-refractivity contribution is 9.10. The number of ether oxygens (including phenoxy) is 1. The zero-order chi connectivity index (χ0) is 21.6. The molecule has 1 aliphatic heterocycles. The molecular weight excluding hydrogens is 460 g/mol. The average molecular weight is 485 g/mol. The normalized spacial score (nSPS) is 15.8. The Labute approximate surface area is 189 Å². The number of amides is 2. The first-order chi connectivity index (χ1) is 15.1. The Kier molecular flexibility index (Phi) is 6.99. The van der Waals surface area contributed by atoms with Gasteiger partial charge in [0.05, 0.1) is 11.0 Å². The molecule has 0 radical (unpaired) electrons. The molecule has 8 heteroatoms. The van der Waals surface area contributed by atoms with Gasteiger partial charge >= 0.3 is 0 Å². The summed E-state index contributed by atoms with van der Waals surface area (Å²) >= 11 is 3.42. The molecule has 1 aromatic heterocycles. The minimum absolute atomic E-state index is 0.0422. The third-order valence-electron chi connectivity index (χ3n) is 5.24. The van der Waals surface area contributed by atoms with E-state index in [0.717, 1.165) is 46.3 Å². The smallest absolute Gasteiger partial charge is 0.249 e. The molecule has 1 unspecified atom stereocenters. The zero-order valence-electron chi connectivity index (χ0n) is 17.1. The molecule has 162 valence electrons. The molecule has 2 aromatic carbocycles. The number of imidazole rings is 1. The highest BCUT2D eigenvalue weighted by atomic mass is 79.9. The van der Waals surface area contributed by atoms with E-state index in [4.69, 9.17) is 9.72 Å². The number of fused-ring (bicyclic) bond motifs is 1. The summed E-state index contributed by atoms with van der Waals surface area (Å²) in [6, 6.07) is 15.3. The van der Waals surface area contributed by atoms with Gasteiger partial charge in [-0.25, -0.2) is 4.98 Å². The van der Waals surface area contributed by atoms with E-state index in [9.17, 15) is 9.59 Å². The maximum atomic E-state index is 12.7. The van der Waals surface area contributed by atoms with Gasteiger partial charge in [0.15, 0.2) is 0 Å². The standard InChI is InChI=1S/C23H25BrN4O3/c24-16-6-3-7-17(14-16)26-22(29)15-28-19-9-2-1-8-18(19)27-21(28)11-4-12-25-23(30)20-10-5-13-31-20/h1-3,6-9,14,20H,4-5,10-13,15H2,(H,25,30)(H,26,29). The van der Waals surface area contributed by atoms with Crippen molar-refractivity contribution in [1.82, 2.24) is 14.9 Å². The van der Waals surface area contributed by atoms with Gasteiger partial charge in [-0.3, -0.25) is 9.59 Å². The monoisotopic (exact) mass is 484 g/mol. The van der Waals surface area contributed by atoms with E-state index in [1.165, 1.54) is 0 Å². The first-order valence-electron chi connectivity index (χ1n) is 10.5. The largest absolute Gasteiger partial charge is 0.368 e.